The van der Waals surface area contributed by atoms with E-state index in [1.807, 2.05) is 18.7 Å². The van der Waals surface area contributed by atoms with E-state index >= 15 is 0 Å². The number of hydrogen-bond donors (Lipinski definition) is 1. The minimum atomic E-state index is -0.415. The number of ether oxygens (including phenoxy) is 2. The van der Waals surface area contributed by atoms with Crippen LogP contribution in [0.2, 0.25) is 0 Å². The van der Waals surface area contributed by atoms with E-state index in [4.69, 9.17) is 9.47 Å². The van der Waals surface area contributed by atoms with Gasteiger partial charge in [-0.05, 0) is 13.8 Å². The molecule has 0 radical (unpaired) electrons. The Morgan fingerprint density at radius 2 is 2.11 bits per heavy atom. The fraction of sp³-hybridized carbons (Fsp3) is 1.00. The lowest BCUT2D eigenvalue weighted by molar-refractivity contribution is -0.0420. The summed E-state index contributed by atoms with van der Waals surface area (Å²) in [6, 6.07) is 0.523. The highest BCUT2D eigenvalue weighted by atomic mass is 32.2. The van der Waals surface area contributed by atoms with Crippen molar-refractivity contribution in [3.05, 3.63) is 0 Å². The first-order chi connectivity index (χ1) is 8.54. The number of thioether (sulfide) groups is 1. The van der Waals surface area contributed by atoms with Crippen LogP contribution in [0.3, 0.4) is 0 Å². The molecule has 1 fully saturated rings. The van der Waals surface area contributed by atoms with Crippen LogP contribution in [-0.4, -0.2) is 72.7 Å². The van der Waals surface area contributed by atoms with Crippen molar-refractivity contribution in [2.45, 2.75) is 44.3 Å². The summed E-state index contributed by atoms with van der Waals surface area (Å²) in [6.45, 7) is 9.16. The molecule has 1 aliphatic rings. The third kappa shape index (κ3) is 5.45. The Kier molecular flexibility index (Phi) is 7.56. The number of aliphatic hydroxyl groups excluding tert-OH is 1. The van der Waals surface area contributed by atoms with E-state index < -0.39 is 6.10 Å². The van der Waals surface area contributed by atoms with Crippen LogP contribution in [0.4, 0.5) is 0 Å². The van der Waals surface area contributed by atoms with Gasteiger partial charge in [-0.15, -0.1) is 0 Å². The third-order valence-corrected chi connectivity index (χ3v) is 4.77. The number of hydrogen-bond acceptors (Lipinski definition) is 5. The molecule has 1 aliphatic heterocycles. The highest BCUT2D eigenvalue weighted by molar-refractivity contribution is 8.00. The zero-order chi connectivity index (χ0) is 13.5. The molecule has 0 aromatic rings. The van der Waals surface area contributed by atoms with Crippen molar-refractivity contribution in [2.24, 2.45) is 0 Å². The lowest BCUT2D eigenvalue weighted by Gasteiger charge is -2.38. The zero-order valence-corrected chi connectivity index (χ0v) is 12.8. The predicted molar refractivity (Wildman–Crippen MR) is 76.3 cm³/mol. The van der Waals surface area contributed by atoms with Crippen LogP contribution in [0.5, 0.6) is 0 Å². The second kappa shape index (κ2) is 8.38. The molecular formula is C13H27NO3S. The van der Waals surface area contributed by atoms with E-state index in [1.165, 1.54) is 0 Å². The van der Waals surface area contributed by atoms with Crippen molar-refractivity contribution in [3.8, 4) is 0 Å². The van der Waals surface area contributed by atoms with Crippen LogP contribution in [-0.2, 0) is 9.47 Å². The Balaban J connectivity index is 2.24. The number of rotatable bonds is 7. The van der Waals surface area contributed by atoms with Crippen LogP contribution in [0.1, 0.15) is 20.8 Å². The number of methoxy groups -OCH3 is 1. The lowest BCUT2D eigenvalue weighted by Crippen LogP contribution is -2.48. The molecule has 0 aromatic heterocycles. The van der Waals surface area contributed by atoms with Gasteiger partial charge < -0.3 is 14.6 Å². The molecule has 1 saturated heterocycles. The maximum atomic E-state index is 10.0. The van der Waals surface area contributed by atoms with E-state index in [0.717, 1.165) is 12.3 Å². The molecule has 4 nitrogen and oxygen atoms in total. The molecule has 4 atom stereocenters. The van der Waals surface area contributed by atoms with Crippen molar-refractivity contribution in [1.29, 1.82) is 0 Å². The SMILES string of the molecule is COCC(C)OCC(O)CN1CCSC(C)C1C. The van der Waals surface area contributed by atoms with Gasteiger partial charge in [0.25, 0.3) is 0 Å². The monoisotopic (exact) mass is 277 g/mol. The van der Waals surface area contributed by atoms with E-state index in [9.17, 15) is 5.11 Å². The Bertz CT molecular complexity index is 230. The second-order valence-electron chi connectivity index (χ2n) is 5.06. The Morgan fingerprint density at radius 1 is 1.39 bits per heavy atom. The zero-order valence-electron chi connectivity index (χ0n) is 12.0. The molecule has 1 heterocycles. The van der Waals surface area contributed by atoms with Crippen LogP contribution >= 0.6 is 11.8 Å². The topological polar surface area (TPSA) is 41.9 Å². The summed E-state index contributed by atoms with van der Waals surface area (Å²) >= 11 is 2.01. The van der Waals surface area contributed by atoms with E-state index in [1.54, 1.807) is 7.11 Å². The first-order valence-electron chi connectivity index (χ1n) is 6.68. The number of nitrogens with zero attached hydrogens (tertiary/aromatic N) is 1. The summed E-state index contributed by atoms with van der Waals surface area (Å²) in [4.78, 5) is 2.36. The summed E-state index contributed by atoms with van der Waals surface area (Å²) in [7, 11) is 1.66. The van der Waals surface area contributed by atoms with Gasteiger partial charge in [0.1, 0.15) is 0 Å². The van der Waals surface area contributed by atoms with Gasteiger partial charge in [0.15, 0.2) is 0 Å². The van der Waals surface area contributed by atoms with Gasteiger partial charge in [-0.25, -0.2) is 0 Å². The average Bonchev–Trinajstić information content (AvgIpc) is 2.33. The number of aliphatic hydroxyl groups is 1. The lowest BCUT2D eigenvalue weighted by atomic mass is 10.2. The van der Waals surface area contributed by atoms with Gasteiger partial charge in [-0.1, -0.05) is 6.92 Å². The Labute approximate surface area is 115 Å². The van der Waals surface area contributed by atoms with Gasteiger partial charge in [0, 0.05) is 37.2 Å². The van der Waals surface area contributed by atoms with Gasteiger partial charge in [0.2, 0.25) is 0 Å². The van der Waals surface area contributed by atoms with Crippen LogP contribution in [0.15, 0.2) is 0 Å². The van der Waals surface area contributed by atoms with Gasteiger partial charge >= 0.3 is 0 Å². The minimum Gasteiger partial charge on any atom is -0.389 e. The fourth-order valence-electron chi connectivity index (χ4n) is 2.13. The van der Waals surface area contributed by atoms with Crippen LogP contribution in [0.25, 0.3) is 0 Å². The molecule has 18 heavy (non-hydrogen) atoms. The summed E-state index contributed by atoms with van der Waals surface area (Å²) in [5.74, 6) is 1.15. The normalized spacial score (nSPS) is 29.2. The summed E-state index contributed by atoms with van der Waals surface area (Å²) in [5, 5.41) is 10.6. The van der Waals surface area contributed by atoms with Crippen molar-refractivity contribution in [2.75, 3.05) is 39.2 Å². The van der Waals surface area contributed by atoms with Gasteiger partial charge in [-0.3, -0.25) is 4.90 Å². The molecule has 108 valence electrons. The average molecular weight is 277 g/mol. The van der Waals surface area contributed by atoms with Gasteiger partial charge in [0.05, 0.1) is 25.4 Å². The van der Waals surface area contributed by atoms with E-state index in [2.05, 4.69) is 18.7 Å². The summed E-state index contributed by atoms with van der Waals surface area (Å²) < 4.78 is 10.5. The molecule has 0 bridgehead atoms. The number of β-amino-alcohol motifs (C(OH)–C–C–N with tert-alkyl or cyclic N) is 1. The van der Waals surface area contributed by atoms with Gasteiger partial charge in [-0.2, -0.15) is 11.8 Å². The highest BCUT2D eigenvalue weighted by Gasteiger charge is 2.26. The molecule has 0 amide bonds. The molecule has 0 aliphatic carbocycles. The Hall–Kier alpha value is 0.190. The Morgan fingerprint density at radius 3 is 2.78 bits per heavy atom. The second-order valence-corrected chi connectivity index (χ2v) is 6.55. The van der Waals surface area contributed by atoms with Crippen molar-refractivity contribution < 1.29 is 14.6 Å². The maximum Gasteiger partial charge on any atom is 0.0900 e. The molecule has 5 heteroatoms. The smallest absolute Gasteiger partial charge is 0.0900 e. The quantitative estimate of drug-likeness (QED) is 0.758. The van der Waals surface area contributed by atoms with E-state index in [-0.39, 0.29) is 6.10 Å². The van der Waals surface area contributed by atoms with E-state index in [0.29, 0.717) is 31.1 Å². The predicted octanol–water partition coefficient (Wildman–Crippen LogP) is 1.22. The van der Waals surface area contributed by atoms with Crippen LogP contribution in [0, 0.1) is 0 Å². The molecule has 0 aromatic carbocycles. The van der Waals surface area contributed by atoms with Crippen molar-refractivity contribution in [3.63, 3.8) is 0 Å². The first-order valence-corrected chi connectivity index (χ1v) is 7.73. The molecule has 1 N–H and O–H groups in total. The molecular weight excluding hydrogens is 250 g/mol. The first kappa shape index (κ1) is 16.2. The fourth-order valence-corrected chi connectivity index (χ4v) is 3.30. The van der Waals surface area contributed by atoms with Crippen LogP contribution < -0.4 is 0 Å². The third-order valence-electron chi connectivity index (χ3n) is 3.43. The molecule has 1 rings (SSSR count). The standard InChI is InChI=1S/C13H27NO3S/c1-10(8-16-4)17-9-13(15)7-14-5-6-18-12(3)11(14)2/h10-13,15H,5-9H2,1-4H3. The molecule has 0 saturated carbocycles. The highest BCUT2D eigenvalue weighted by Crippen LogP contribution is 2.24. The maximum absolute atomic E-state index is 10.0. The molecule has 4 unspecified atom stereocenters. The van der Waals surface area contributed by atoms with Crippen molar-refractivity contribution in [1.82, 2.24) is 4.90 Å². The van der Waals surface area contributed by atoms with Crippen molar-refractivity contribution >= 4 is 11.8 Å². The molecule has 0 spiro atoms. The minimum absolute atomic E-state index is 0.0397. The largest absolute Gasteiger partial charge is 0.389 e. The summed E-state index contributed by atoms with van der Waals surface area (Å²) in [5.41, 5.74) is 0. The summed E-state index contributed by atoms with van der Waals surface area (Å²) in [6.07, 6.45) is -0.375.